The van der Waals surface area contributed by atoms with Gasteiger partial charge < -0.3 is 5.32 Å². The lowest BCUT2D eigenvalue weighted by atomic mass is 9.96. The molecule has 0 spiro atoms. The van der Waals surface area contributed by atoms with Gasteiger partial charge >= 0.3 is 6.18 Å². The standard InChI is InChI=1S/C26H24F3N3OS/c1-30-25(33)24(18-5-3-2-4-6-18)32-21(19-10-14-22-23(15-19)34-16-31-22)13-9-17-7-11-20(12-8-17)26(27,28)29/h2-8,10-12,14-16,21,24,32H,9,13H2,1H3,(H,30,33). The maximum atomic E-state index is 12.9. The molecule has 1 heterocycles. The summed E-state index contributed by atoms with van der Waals surface area (Å²) >= 11 is 1.54. The summed E-state index contributed by atoms with van der Waals surface area (Å²) in [6.45, 7) is 0. The van der Waals surface area contributed by atoms with Crippen LogP contribution in [0.25, 0.3) is 10.2 Å². The molecule has 0 saturated carbocycles. The van der Waals surface area contributed by atoms with Gasteiger partial charge in [-0.2, -0.15) is 13.2 Å². The summed E-state index contributed by atoms with van der Waals surface area (Å²) < 4.78 is 39.8. The first-order valence-corrected chi connectivity index (χ1v) is 11.7. The van der Waals surface area contributed by atoms with Crippen LogP contribution in [0.15, 0.2) is 78.3 Å². The van der Waals surface area contributed by atoms with Gasteiger partial charge in [-0.15, -0.1) is 11.3 Å². The van der Waals surface area contributed by atoms with E-state index in [0.717, 1.165) is 39.0 Å². The Morgan fingerprint density at radius 2 is 1.74 bits per heavy atom. The highest BCUT2D eigenvalue weighted by molar-refractivity contribution is 7.16. The molecule has 1 amide bonds. The van der Waals surface area contributed by atoms with Crippen molar-refractivity contribution in [1.29, 1.82) is 0 Å². The third-order valence-electron chi connectivity index (χ3n) is 5.77. The Balaban J connectivity index is 1.61. The van der Waals surface area contributed by atoms with Crippen molar-refractivity contribution in [3.8, 4) is 0 Å². The smallest absolute Gasteiger partial charge is 0.358 e. The van der Waals surface area contributed by atoms with Crippen molar-refractivity contribution in [2.45, 2.75) is 31.1 Å². The number of carbonyl (C=O) groups is 1. The zero-order chi connectivity index (χ0) is 24.1. The van der Waals surface area contributed by atoms with Gasteiger partial charge in [-0.25, -0.2) is 4.98 Å². The third-order valence-corrected chi connectivity index (χ3v) is 6.56. The molecule has 3 aromatic carbocycles. The minimum Gasteiger partial charge on any atom is -0.358 e. The number of carbonyl (C=O) groups excluding carboxylic acids is 1. The summed E-state index contributed by atoms with van der Waals surface area (Å²) in [5.41, 5.74) is 4.66. The van der Waals surface area contributed by atoms with Gasteiger partial charge in [0.2, 0.25) is 5.91 Å². The lowest BCUT2D eigenvalue weighted by molar-refractivity contribution is -0.137. The van der Waals surface area contributed by atoms with Gasteiger partial charge in [0, 0.05) is 13.1 Å². The summed E-state index contributed by atoms with van der Waals surface area (Å²) in [6.07, 6.45) is -3.22. The molecule has 0 aliphatic carbocycles. The quantitative estimate of drug-likeness (QED) is 0.320. The number of nitrogens with one attached hydrogen (secondary N) is 2. The van der Waals surface area contributed by atoms with Crippen LogP contribution in [0.1, 0.15) is 40.8 Å². The average Bonchev–Trinajstić information content (AvgIpc) is 3.32. The van der Waals surface area contributed by atoms with E-state index >= 15 is 0 Å². The summed E-state index contributed by atoms with van der Waals surface area (Å²) in [7, 11) is 1.60. The van der Waals surface area contributed by atoms with Crippen molar-refractivity contribution in [2.75, 3.05) is 7.05 Å². The molecule has 0 bridgehead atoms. The van der Waals surface area contributed by atoms with Crippen molar-refractivity contribution in [3.63, 3.8) is 0 Å². The predicted octanol–water partition coefficient (Wildman–Crippen LogP) is 6.07. The van der Waals surface area contributed by atoms with E-state index in [2.05, 4.69) is 21.7 Å². The number of amides is 1. The summed E-state index contributed by atoms with van der Waals surface area (Å²) in [6, 6.07) is 19.9. The lowest BCUT2D eigenvalue weighted by Crippen LogP contribution is -2.38. The molecule has 2 atom stereocenters. The molecule has 1 aromatic heterocycles. The van der Waals surface area contributed by atoms with Gasteiger partial charge in [-0.3, -0.25) is 10.1 Å². The van der Waals surface area contributed by atoms with Crippen LogP contribution in [-0.4, -0.2) is 17.9 Å². The largest absolute Gasteiger partial charge is 0.416 e. The second-order valence-corrected chi connectivity index (χ2v) is 8.88. The number of aryl methyl sites for hydroxylation is 1. The van der Waals surface area contributed by atoms with Crippen molar-refractivity contribution in [1.82, 2.24) is 15.6 Å². The van der Waals surface area contributed by atoms with Crippen molar-refractivity contribution in [3.05, 3.63) is 101 Å². The van der Waals surface area contributed by atoms with Crippen LogP contribution in [0, 0.1) is 0 Å². The maximum absolute atomic E-state index is 12.9. The molecule has 0 radical (unpaired) electrons. The van der Waals surface area contributed by atoms with E-state index in [1.54, 1.807) is 12.6 Å². The summed E-state index contributed by atoms with van der Waals surface area (Å²) in [5, 5.41) is 6.22. The fourth-order valence-corrected chi connectivity index (χ4v) is 4.65. The molecule has 34 heavy (non-hydrogen) atoms. The zero-order valence-electron chi connectivity index (χ0n) is 18.5. The molecule has 4 rings (SSSR count). The topological polar surface area (TPSA) is 54.0 Å². The van der Waals surface area contributed by atoms with Crippen LogP contribution in [0.2, 0.25) is 0 Å². The second-order valence-electron chi connectivity index (χ2n) is 7.99. The molecular formula is C26H24F3N3OS. The Bertz CT molecular complexity index is 1240. The molecule has 2 unspecified atom stereocenters. The predicted molar refractivity (Wildman–Crippen MR) is 129 cm³/mol. The number of thiazole rings is 1. The maximum Gasteiger partial charge on any atom is 0.416 e. The number of benzene rings is 3. The van der Waals surface area contributed by atoms with Crippen molar-refractivity contribution < 1.29 is 18.0 Å². The summed E-state index contributed by atoms with van der Waals surface area (Å²) in [5.74, 6) is -0.162. The molecule has 4 aromatic rings. The van der Waals surface area contributed by atoms with Gasteiger partial charge in [0.05, 0.1) is 21.3 Å². The molecule has 0 saturated heterocycles. The third kappa shape index (κ3) is 5.63. The normalized spacial score (nSPS) is 13.5. The van der Waals surface area contributed by atoms with Gasteiger partial charge in [0.1, 0.15) is 6.04 Å². The van der Waals surface area contributed by atoms with E-state index < -0.39 is 17.8 Å². The van der Waals surface area contributed by atoms with Crippen LogP contribution in [0.5, 0.6) is 0 Å². The van der Waals surface area contributed by atoms with Crippen LogP contribution < -0.4 is 10.6 Å². The fourth-order valence-electron chi connectivity index (χ4n) is 3.92. The minimum atomic E-state index is -4.36. The van der Waals surface area contributed by atoms with E-state index in [0.29, 0.717) is 12.8 Å². The highest BCUT2D eigenvalue weighted by atomic mass is 32.1. The monoisotopic (exact) mass is 483 g/mol. The number of fused-ring (bicyclic) bond motifs is 1. The summed E-state index contributed by atoms with van der Waals surface area (Å²) in [4.78, 5) is 17.1. The fraction of sp³-hybridized carbons (Fsp3) is 0.231. The number of hydrogen-bond acceptors (Lipinski definition) is 4. The number of halogens is 3. The van der Waals surface area contributed by atoms with Gasteiger partial charge in [0.15, 0.2) is 0 Å². The number of likely N-dealkylation sites (N-methyl/N-ethyl adjacent to an activating group) is 1. The molecule has 0 aliphatic rings. The Labute approximate surface area is 199 Å². The van der Waals surface area contributed by atoms with E-state index in [-0.39, 0.29) is 11.9 Å². The molecular weight excluding hydrogens is 459 g/mol. The number of aromatic nitrogens is 1. The SMILES string of the molecule is CNC(=O)C(NC(CCc1ccc(C(F)(F)F)cc1)c1ccc2ncsc2c1)c1ccccc1. The minimum absolute atomic E-state index is 0.162. The molecule has 2 N–H and O–H groups in total. The van der Waals surface area contributed by atoms with Gasteiger partial charge in [-0.1, -0.05) is 48.5 Å². The van der Waals surface area contributed by atoms with Crippen LogP contribution in [-0.2, 0) is 17.4 Å². The first kappa shape index (κ1) is 23.9. The Hall–Kier alpha value is -3.23. The van der Waals surface area contributed by atoms with Crippen LogP contribution in [0.4, 0.5) is 13.2 Å². The highest BCUT2D eigenvalue weighted by Crippen LogP contribution is 2.31. The van der Waals surface area contributed by atoms with E-state index in [9.17, 15) is 18.0 Å². The number of rotatable bonds is 8. The first-order valence-electron chi connectivity index (χ1n) is 10.9. The molecule has 4 nitrogen and oxygen atoms in total. The molecule has 0 aliphatic heterocycles. The molecule has 176 valence electrons. The second kappa shape index (κ2) is 10.4. The van der Waals surface area contributed by atoms with E-state index in [1.807, 2.05) is 42.5 Å². The number of hydrogen-bond donors (Lipinski definition) is 2. The van der Waals surface area contributed by atoms with Crippen LogP contribution in [0.3, 0.4) is 0 Å². The number of alkyl halides is 3. The van der Waals surface area contributed by atoms with Crippen LogP contribution >= 0.6 is 11.3 Å². The van der Waals surface area contributed by atoms with E-state index in [1.165, 1.54) is 23.5 Å². The Kier molecular flexibility index (Phi) is 7.29. The van der Waals surface area contributed by atoms with Crippen molar-refractivity contribution in [2.24, 2.45) is 0 Å². The lowest BCUT2D eigenvalue weighted by Gasteiger charge is -2.26. The Morgan fingerprint density at radius 1 is 1.00 bits per heavy atom. The Morgan fingerprint density at radius 3 is 2.41 bits per heavy atom. The van der Waals surface area contributed by atoms with E-state index in [4.69, 9.17) is 0 Å². The van der Waals surface area contributed by atoms with Gasteiger partial charge in [0.25, 0.3) is 0 Å². The van der Waals surface area contributed by atoms with Crippen molar-refractivity contribution >= 4 is 27.5 Å². The molecule has 8 heteroatoms. The highest BCUT2D eigenvalue weighted by Gasteiger charge is 2.30. The first-order chi connectivity index (χ1) is 16.3. The number of nitrogens with zero attached hydrogens (tertiary/aromatic N) is 1. The zero-order valence-corrected chi connectivity index (χ0v) is 19.3. The molecule has 0 fully saturated rings. The van der Waals surface area contributed by atoms with Gasteiger partial charge in [-0.05, 0) is 53.8 Å². The average molecular weight is 484 g/mol.